The van der Waals surface area contributed by atoms with Crippen molar-refractivity contribution >= 4 is 34.3 Å². The average Bonchev–Trinajstić information content (AvgIpc) is 2.78. The van der Waals surface area contributed by atoms with Crippen LogP contribution in [0.3, 0.4) is 0 Å². The molecule has 1 aromatic carbocycles. The highest BCUT2D eigenvalue weighted by Crippen LogP contribution is 2.42. The average molecular weight is 459 g/mol. The normalized spacial score (nSPS) is 16.8. The quantitative estimate of drug-likeness (QED) is 0.574. The molecule has 0 aliphatic carbocycles. The second-order valence-electron chi connectivity index (χ2n) is 7.95. The van der Waals surface area contributed by atoms with Gasteiger partial charge in [0.05, 0.1) is 22.3 Å². The lowest BCUT2D eigenvalue weighted by Crippen LogP contribution is -2.47. The summed E-state index contributed by atoms with van der Waals surface area (Å²) < 4.78 is 5.96. The molecule has 3 rings (SSSR count). The molecular weight excluding hydrogens is 428 g/mol. The van der Waals surface area contributed by atoms with E-state index in [1.807, 2.05) is 20.8 Å². The molecule has 1 atom stereocenters. The largest absolute Gasteiger partial charge is 0.480 e. The summed E-state index contributed by atoms with van der Waals surface area (Å²) in [6, 6.07) is -0.880. The van der Waals surface area contributed by atoms with Gasteiger partial charge < -0.3 is 24.4 Å². The van der Waals surface area contributed by atoms with E-state index in [-0.39, 0.29) is 35.2 Å². The van der Waals surface area contributed by atoms with Gasteiger partial charge in [-0.25, -0.2) is 9.59 Å². The molecule has 0 fully saturated rings. The number of carboxylic acid groups (broad SMARTS) is 2. The summed E-state index contributed by atoms with van der Waals surface area (Å²) in [5.74, 6) is -2.67. The van der Waals surface area contributed by atoms with Crippen molar-refractivity contribution in [3.05, 3.63) is 38.2 Å². The highest BCUT2D eigenvalue weighted by Gasteiger charge is 2.39. The first kappa shape index (κ1) is 24.3. The van der Waals surface area contributed by atoms with Gasteiger partial charge in [-0.05, 0) is 31.7 Å². The molecule has 9 nitrogen and oxygen atoms in total. The number of fused-ring (bicyclic) bond motifs is 2. The number of oxime groups is 1. The van der Waals surface area contributed by atoms with Crippen LogP contribution in [0.5, 0.6) is 0 Å². The predicted octanol–water partition coefficient (Wildman–Crippen LogP) is 3.60. The molecule has 2 heterocycles. The van der Waals surface area contributed by atoms with Gasteiger partial charge in [0, 0.05) is 24.1 Å². The van der Waals surface area contributed by atoms with Gasteiger partial charge in [-0.2, -0.15) is 0 Å². The molecule has 0 amide bonds. The van der Waals surface area contributed by atoms with E-state index in [4.69, 9.17) is 9.25 Å². The van der Waals surface area contributed by atoms with Gasteiger partial charge in [0.15, 0.2) is 5.43 Å². The monoisotopic (exact) mass is 458 g/mol. The summed E-state index contributed by atoms with van der Waals surface area (Å²) in [5.41, 5.74) is 3.02. The molecule has 1 aliphatic rings. The zero-order chi connectivity index (χ0) is 24.4. The molecule has 0 saturated heterocycles. The molecule has 33 heavy (non-hydrogen) atoms. The molecule has 0 spiro atoms. The van der Waals surface area contributed by atoms with Crippen molar-refractivity contribution in [1.82, 2.24) is 0 Å². The van der Waals surface area contributed by atoms with E-state index in [9.17, 15) is 24.6 Å². The summed E-state index contributed by atoms with van der Waals surface area (Å²) in [6.07, 6.45) is 1.93. The summed E-state index contributed by atoms with van der Waals surface area (Å²) in [6.45, 7) is 7.84. The van der Waals surface area contributed by atoms with Gasteiger partial charge in [0.2, 0.25) is 5.76 Å². The third-order valence-electron chi connectivity index (χ3n) is 6.17. The van der Waals surface area contributed by atoms with Crippen LogP contribution in [0.4, 0.5) is 5.69 Å². The van der Waals surface area contributed by atoms with Gasteiger partial charge >= 0.3 is 11.9 Å². The molecule has 0 bridgehead atoms. The number of carbonyl (C=O) groups is 2. The van der Waals surface area contributed by atoms with Crippen LogP contribution in [-0.4, -0.2) is 47.6 Å². The van der Waals surface area contributed by atoms with Crippen molar-refractivity contribution in [3.8, 4) is 0 Å². The molecule has 0 radical (unpaired) electrons. The maximum atomic E-state index is 13.6. The van der Waals surface area contributed by atoms with Crippen LogP contribution in [0.1, 0.15) is 73.3 Å². The van der Waals surface area contributed by atoms with Gasteiger partial charge in [-0.3, -0.25) is 4.79 Å². The fourth-order valence-electron chi connectivity index (χ4n) is 4.89. The lowest BCUT2D eigenvalue weighted by atomic mass is 9.83. The number of likely N-dealkylation sites (N-methyl/N-ethyl adjacent to an activating group) is 1. The maximum absolute atomic E-state index is 13.6. The Morgan fingerprint density at radius 1 is 1.12 bits per heavy atom. The number of anilines is 1. The van der Waals surface area contributed by atoms with Crippen LogP contribution in [0, 0.1) is 0 Å². The molecule has 1 aromatic heterocycles. The maximum Gasteiger partial charge on any atom is 0.372 e. The van der Waals surface area contributed by atoms with Crippen molar-refractivity contribution in [2.75, 3.05) is 18.6 Å². The molecule has 2 N–H and O–H groups in total. The summed E-state index contributed by atoms with van der Waals surface area (Å²) >= 11 is 0. The number of hydrogen-bond acceptors (Lipinski definition) is 7. The third-order valence-corrected chi connectivity index (χ3v) is 6.17. The zero-order valence-corrected chi connectivity index (χ0v) is 19.7. The minimum Gasteiger partial charge on any atom is -0.480 e. The lowest BCUT2D eigenvalue weighted by molar-refractivity contribution is -0.138. The van der Waals surface area contributed by atoms with Gasteiger partial charge in [-0.15, -0.1) is 0 Å². The fraction of sp³-hybridized carbons (Fsp3) is 0.500. The topological polar surface area (TPSA) is 130 Å². The number of nitrogens with zero attached hydrogens (tertiary/aromatic N) is 2. The minimum absolute atomic E-state index is 0.115. The van der Waals surface area contributed by atoms with E-state index in [1.165, 1.54) is 7.11 Å². The smallest absolute Gasteiger partial charge is 0.372 e. The van der Waals surface area contributed by atoms with Gasteiger partial charge in [0.1, 0.15) is 18.7 Å². The summed E-state index contributed by atoms with van der Waals surface area (Å²) in [4.78, 5) is 44.5. The summed E-state index contributed by atoms with van der Waals surface area (Å²) in [7, 11) is 1.40. The van der Waals surface area contributed by atoms with Crippen LogP contribution in [0.2, 0.25) is 0 Å². The van der Waals surface area contributed by atoms with Gasteiger partial charge in [-0.1, -0.05) is 32.3 Å². The highest BCUT2D eigenvalue weighted by atomic mass is 16.6. The Kier molecular flexibility index (Phi) is 7.09. The molecule has 1 aliphatic heterocycles. The SMILES string of the molecule is CCCc1c2c(c(CC)c3c(=O)c(CC)c(C(=O)O)oc13)C(=NOC)CC(C(=O)O)N2CC. The molecule has 2 aromatic rings. The number of hydrogen-bond donors (Lipinski definition) is 2. The predicted molar refractivity (Wildman–Crippen MR) is 125 cm³/mol. The first-order valence-electron chi connectivity index (χ1n) is 11.3. The Balaban J connectivity index is 2.66. The van der Waals surface area contributed by atoms with E-state index < -0.39 is 18.0 Å². The van der Waals surface area contributed by atoms with Gasteiger partial charge in [0.25, 0.3) is 0 Å². The highest BCUT2D eigenvalue weighted by molar-refractivity contribution is 6.15. The van der Waals surface area contributed by atoms with Crippen molar-refractivity contribution in [3.63, 3.8) is 0 Å². The standard InChI is InChI=1S/C24H30N2O7/c1-6-10-14-19-17(15(25-32-5)11-16(23(28)29)26(19)9-4)12(7-2)18-20(27)13(8-3)22(24(30)31)33-21(14)18/h16H,6-11H2,1-5H3,(H,28,29)(H,30,31). The van der Waals surface area contributed by atoms with Crippen molar-refractivity contribution in [1.29, 1.82) is 0 Å². The van der Waals surface area contributed by atoms with Crippen molar-refractivity contribution in [2.45, 2.75) is 65.8 Å². The van der Waals surface area contributed by atoms with Crippen LogP contribution in [0.15, 0.2) is 14.4 Å². The van der Waals surface area contributed by atoms with E-state index in [2.05, 4.69) is 5.16 Å². The fourth-order valence-corrected chi connectivity index (χ4v) is 4.89. The van der Waals surface area contributed by atoms with Crippen LogP contribution in [0.25, 0.3) is 11.0 Å². The molecule has 1 unspecified atom stereocenters. The first-order chi connectivity index (χ1) is 15.8. The second-order valence-corrected chi connectivity index (χ2v) is 7.95. The van der Waals surface area contributed by atoms with Crippen LogP contribution in [-0.2, 0) is 28.9 Å². The number of benzene rings is 1. The van der Waals surface area contributed by atoms with E-state index in [0.29, 0.717) is 59.3 Å². The van der Waals surface area contributed by atoms with E-state index in [1.54, 1.807) is 11.8 Å². The Morgan fingerprint density at radius 2 is 1.79 bits per heavy atom. The number of aryl methyl sites for hydroxylation is 2. The number of aliphatic carboxylic acids is 1. The Morgan fingerprint density at radius 3 is 2.27 bits per heavy atom. The third kappa shape index (κ3) is 3.85. The second kappa shape index (κ2) is 9.64. The van der Waals surface area contributed by atoms with Crippen molar-refractivity contribution < 1.29 is 29.1 Å². The number of rotatable bonds is 8. The molecular formula is C24H30N2O7. The van der Waals surface area contributed by atoms with Crippen LogP contribution >= 0.6 is 0 Å². The zero-order valence-electron chi connectivity index (χ0n) is 19.7. The Labute approximate surface area is 191 Å². The minimum atomic E-state index is -1.30. The van der Waals surface area contributed by atoms with Crippen molar-refractivity contribution in [2.24, 2.45) is 5.16 Å². The molecule has 0 saturated carbocycles. The number of carboxylic acids is 2. The first-order valence-corrected chi connectivity index (χ1v) is 11.3. The lowest BCUT2D eigenvalue weighted by Gasteiger charge is -2.39. The summed E-state index contributed by atoms with van der Waals surface area (Å²) in [5, 5.41) is 24.2. The number of aromatic carboxylic acids is 1. The Bertz CT molecular complexity index is 1200. The molecule has 178 valence electrons. The van der Waals surface area contributed by atoms with E-state index in [0.717, 1.165) is 0 Å². The molecule has 9 heteroatoms. The Hall–Kier alpha value is -3.36. The van der Waals surface area contributed by atoms with E-state index >= 15 is 0 Å². The van der Waals surface area contributed by atoms with Crippen LogP contribution < -0.4 is 10.3 Å².